The molecule has 2 unspecified atom stereocenters. The second kappa shape index (κ2) is 4.60. The van der Waals surface area contributed by atoms with Crippen LogP contribution in [-0.2, 0) is 0 Å². The number of nitrogens with two attached hydrogens (primary N) is 1. The zero-order valence-corrected chi connectivity index (χ0v) is 9.30. The molecule has 0 spiro atoms. The van der Waals surface area contributed by atoms with Crippen LogP contribution in [0, 0.1) is 0 Å². The number of hydrogen-bond donors (Lipinski definition) is 2. The molecule has 0 saturated carbocycles. The number of benzene rings is 1. The third-order valence-electron chi connectivity index (χ3n) is 2.80. The minimum Gasteiger partial charge on any atom is -0.385 e. The number of aliphatic hydroxyl groups excluding tert-OH is 1. The highest BCUT2D eigenvalue weighted by Gasteiger charge is 2.16. The SMILES string of the molecule is CCC(N)C(O)c1ccc2ccccc2n1. The van der Waals surface area contributed by atoms with Gasteiger partial charge in [-0.25, -0.2) is 0 Å². The van der Waals surface area contributed by atoms with Gasteiger partial charge in [0.1, 0.15) is 6.10 Å². The molecule has 84 valence electrons. The summed E-state index contributed by atoms with van der Waals surface area (Å²) in [7, 11) is 0. The Morgan fingerprint density at radius 1 is 1.25 bits per heavy atom. The van der Waals surface area contributed by atoms with Crippen molar-refractivity contribution in [3.63, 3.8) is 0 Å². The van der Waals surface area contributed by atoms with Crippen LogP contribution in [-0.4, -0.2) is 16.1 Å². The summed E-state index contributed by atoms with van der Waals surface area (Å²) in [5.74, 6) is 0. The third-order valence-corrected chi connectivity index (χ3v) is 2.80. The lowest BCUT2D eigenvalue weighted by molar-refractivity contribution is 0.140. The molecule has 0 aliphatic carbocycles. The fourth-order valence-corrected chi connectivity index (χ4v) is 1.69. The topological polar surface area (TPSA) is 59.1 Å². The lowest BCUT2D eigenvalue weighted by Crippen LogP contribution is -2.27. The van der Waals surface area contributed by atoms with Gasteiger partial charge < -0.3 is 10.8 Å². The Labute approximate surface area is 94.9 Å². The second-order valence-electron chi connectivity index (χ2n) is 3.95. The largest absolute Gasteiger partial charge is 0.385 e. The van der Waals surface area contributed by atoms with E-state index < -0.39 is 6.10 Å². The van der Waals surface area contributed by atoms with Crippen molar-refractivity contribution < 1.29 is 5.11 Å². The highest BCUT2D eigenvalue weighted by atomic mass is 16.3. The summed E-state index contributed by atoms with van der Waals surface area (Å²) in [6.45, 7) is 1.95. The molecule has 1 aromatic heterocycles. The van der Waals surface area contributed by atoms with Crippen LogP contribution >= 0.6 is 0 Å². The van der Waals surface area contributed by atoms with E-state index in [9.17, 15) is 5.11 Å². The van der Waals surface area contributed by atoms with E-state index in [-0.39, 0.29) is 6.04 Å². The summed E-state index contributed by atoms with van der Waals surface area (Å²) >= 11 is 0. The molecule has 0 amide bonds. The first-order valence-electron chi connectivity index (χ1n) is 5.51. The van der Waals surface area contributed by atoms with Gasteiger partial charge in [-0.3, -0.25) is 4.98 Å². The number of hydrogen-bond acceptors (Lipinski definition) is 3. The molecule has 0 aliphatic heterocycles. The van der Waals surface area contributed by atoms with Crippen molar-refractivity contribution in [2.75, 3.05) is 0 Å². The van der Waals surface area contributed by atoms with Crippen LogP contribution in [0.4, 0.5) is 0 Å². The lowest BCUT2D eigenvalue weighted by atomic mass is 10.0. The Kier molecular flexibility index (Phi) is 3.17. The van der Waals surface area contributed by atoms with Crippen LogP contribution in [0.25, 0.3) is 10.9 Å². The van der Waals surface area contributed by atoms with Crippen molar-refractivity contribution in [1.29, 1.82) is 0 Å². The van der Waals surface area contributed by atoms with Gasteiger partial charge in [-0.1, -0.05) is 31.2 Å². The predicted molar refractivity (Wildman–Crippen MR) is 65.0 cm³/mol. The number of pyridine rings is 1. The van der Waals surface area contributed by atoms with Gasteiger partial charge in [0.25, 0.3) is 0 Å². The quantitative estimate of drug-likeness (QED) is 0.825. The lowest BCUT2D eigenvalue weighted by Gasteiger charge is -2.16. The molecule has 16 heavy (non-hydrogen) atoms. The van der Waals surface area contributed by atoms with Gasteiger partial charge >= 0.3 is 0 Å². The van der Waals surface area contributed by atoms with E-state index >= 15 is 0 Å². The number of rotatable bonds is 3. The molecule has 3 heteroatoms. The van der Waals surface area contributed by atoms with E-state index in [1.807, 2.05) is 43.3 Å². The molecule has 2 rings (SSSR count). The Morgan fingerprint density at radius 2 is 2.00 bits per heavy atom. The van der Waals surface area contributed by atoms with Gasteiger partial charge in [0.15, 0.2) is 0 Å². The maximum atomic E-state index is 9.96. The Bertz CT molecular complexity index is 484. The number of aromatic nitrogens is 1. The van der Waals surface area contributed by atoms with Gasteiger partial charge in [-0.2, -0.15) is 0 Å². The molecular weight excluding hydrogens is 200 g/mol. The molecule has 3 nitrogen and oxygen atoms in total. The van der Waals surface area contributed by atoms with Crippen molar-refractivity contribution in [3.8, 4) is 0 Å². The average Bonchev–Trinajstić information content (AvgIpc) is 2.36. The molecule has 0 bridgehead atoms. The van der Waals surface area contributed by atoms with Gasteiger partial charge in [0.05, 0.1) is 11.2 Å². The van der Waals surface area contributed by atoms with Crippen molar-refractivity contribution >= 4 is 10.9 Å². The Hall–Kier alpha value is -1.45. The number of nitrogens with zero attached hydrogens (tertiary/aromatic N) is 1. The van der Waals surface area contributed by atoms with Crippen molar-refractivity contribution in [2.24, 2.45) is 5.73 Å². The summed E-state index contributed by atoms with van der Waals surface area (Å²) in [4.78, 5) is 4.41. The molecule has 3 N–H and O–H groups in total. The van der Waals surface area contributed by atoms with Crippen molar-refractivity contribution in [2.45, 2.75) is 25.5 Å². The van der Waals surface area contributed by atoms with Crippen LogP contribution < -0.4 is 5.73 Å². The van der Waals surface area contributed by atoms with E-state index in [1.165, 1.54) is 0 Å². The fraction of sp³-hybridized carbons (Fsp3) is 0.308. The first kappa shape index (κ1) is 11.0. The summed E-state index contributed by atoms with van der Waals surface area (Å²) in [6, 6.07) is 11.4. The molecule has 2 aromatic rings. The fourth-order valence-electron chi connectivity index (χ4n) is 1.69. The second-order valence-corrected chi connectivity index (χ2v) is 3.95. The predicted octanol–water partition coefficient (Wildman–Crippen LogP) is 2.01. The highest BCUT2D eigenvalue weighted by molar-refractivity contribution is 5.78. The average molecular weight is 216 g/mol. The minimum absolute atomic E-state index is 0.256. The van der Waals surface area contributed by atoms with Crippen LogP contribution in [0.15, 0.2) is 36.4 Å². The third kappa shape index (κ3) is 2.05. The maximum Gasteiger partial charge on any atom is 0.111 e. The van der Waals surface area contributed by atoms with E-state index in [1.54, 1.807) is 0 Å². The summed E-state index contributed by atoms with van der Waals surface area (Å²) in [5.41, 5.74) is 7.34. The van der Waals surface area contributed by atoms with Crippen LogP contribution in [0.3, 0.4) is 0 Å². The zero-order chi connectivity index (χ0) is 11.5. The molecule has 0 radical (unpaired) electrons. The van der Waals surface area contributed by atoms with Gasteiger partial charge in [0, 0.05) is 11.4 Å². The molecule has 1 aromatic carbocycles. The first-order chi connectivity index (χ1) is 7.72. The summed E-state index contributed by atoms with van der Waals surface area (Å²) in [6.07, 6.45) is 0.0463. The van der Waals surface area contributed by atoms with E-state index in [0.717, 1.165) is 17.3 Å². The summed E-state index contributed by atoms with van der Waals surface area (Å²) in [5, 5.41) is 11.0. The van der Waals surface area contributed by atoms with Gasteiger partial charge in [-0.05, 0) is 18.6 Å². The Balaban J connectivity index is 2.39. The van der Waals surface area contributed by atoms with E-state index in [4.69, 9.17) is 5.73 Å². The first-order valence-corrected chi connectivity index (χ1v) is 5.51. The normalized spacial score (nSPS) is 14.9. The van der Waals surface area contributed by atoms with E-state index in [0.29, 0.717) is 5.69 Å². The molecule has 0 saturated heterocycles. The maximum absolute atomic E-state index is 9.96. The molecule has 0 aliphatic rings. The number of para-hydroxylation sites is 1. The summed E-state index contributed by atoms with van der Waals surface area (Å²) < 4.78 is 0. The number of fused-ring (bicyclic) bond motifs is 1. The Morgan fingerprint density at radius 3 is 2.75 bits per heavy atom. The van der Waals surface area contributed by atoms with Gasteiger partial charge in [0.2, 0.25) is 0 Å². The minimum atomic E-state index is -0.686. The van der Waals surface area contributed by atoms with Crippen LogP contribution in [0.1, 0.15) is 25.1 Å². The van der Waals surface area contributed by atoms with Crippen LogP contribution in [0.2, 0.25) is 0 Å². The van der Waals surface area contributed by atoms with E-state index in [2.05, 4.69) is 4.98 Å². The van der Waals surface area contributed by atoms with Gasteiger partial charge in [-0.15, -0.1) is 0 Å². The monoisotopic (exact) mass is 216 g/mol. The molecule has 2 atom stereocenters. The molecule has 0 fully saturated rings. The molecule has 1 heterocycles. The zero-order valence-electron chi connectivity index (χ0n) is 9.30. The smallest absolute Gasteiger partial charge is 0.111 e. The molecular formula is C13H16N2O. The standard InChI is InChI=1S/C13H16N2O/c1-2-10(14)13(16)12-8-7-9-5-3-4-6-11(9)15-12/h3-8,10,13,16H,2,14H2,1H3. The highest BCUT2D eigenvalue weighted by Crippen LogP contribution is 2.19. The number of aliphatic hydroxyl groups is 1. The van der Waals surface area contributed by atoms with Crippen molar-refractivity contribution in [1.82, 2.24) is 4.98 Å². The van der Waals surface area contributed by atoms with Crippen LogP contribution in [0.5, 0.6) is 0 Å². The van der Waals surface area contributed by atoms with Crippen molar-refractivity contribution in [3.05, 3.63) is 42.1 Å².